The van der Waals surface area contributed by atoms with Gasteiger partial charge in [0.1, 0.15) is 0 Å². The second-order valence-electron chi connectivity index (χ2n) is 6.16. The average Bonchev–Trinajstić information content (AvgIpc) is 2.80. The SMILES string of the molecule is CN(CC1CCCC1)C1(CN)CCCS(=O)(=O)C1. The van der Waals surface area contributed by atoms with Crippen molar-refractivity contribution in [2.45, 2.75) is 44.1 Å². The van der Waals surface area contributed by atoms with Crippen molar-refractivity contribution < 1.29 is 8.42 Å². The van der Waals surface area contributed by atoms with Crippen LogP contribution in [0.4, 0.5) is 0 Å². The van der Waals surface area contributed by atoms with Gasteiger partial charge in [-0.15, -0.1) is 0 Å². The minimum Gasteiger partial charge on any atom is -0.329 e. The molecule has 4 nitrogen and oxygen atoms in total. The third kappa shape index (κ3) is 3.06. The standard InChI is InChI=1S/C13H26N2O2S/c1-15(9-12-5-2-3-6-12)13(10-14)7-4-8-18(16,17)11-13/h12H,2-11,14H2,1H3. The third-order valence-electron chi connectivity index (χ3n) is 4.78. The van der Waals surface area contributed by atoms with Crippen LogP contribution in [0.2, 0.25) is 0 Å². The number of hydrogen-bond donors (Lipinski definition) is 1. The van der Waals surface area contributed by atoms with Crippen LogP contribution in [-0.2, 0) is 9.84 Å². The van der Waals surface area contributed by atoms with E-state index in [1.165, 1.54) is 25.7 Å². The Morgan fingerprint density at radius 1 is 1.28 bits per heavy atom. The Hall–Kier alpha value is -0.130. The molecule has 0 radical (unpaired) electrons. The molecule has 1 saturated heterocycles. The van der Waals surface area contributed by atoms with Crippen molar-refractivity contribution in [3.05, 3.63) is 0 Å². The van der Waals surface area contributed by atoms with E-state index in [1.54, 1.807) is 0 Å². The molecule has 2 fully saturated rings. The lowest BCUT2D eigenvalue weighted by molar-refractivity contribution is 0.112. The number of sulfone groups is 1. The lowest BCUT2D eigenvalue weighted by Gasteiger charge is -2.44. The Morgan fingerprint density at radius 3 is 2.50 bits per heavy atom. The van der Waals surface area contributed by atoms with Gasteiger partial charge in [0, 0.05) is 18.6 Å². The zero-order valence-corrected chi connectivity index (χ0v) is 12.2. The predicted molar refractivity (Wildman–Crippen MR) is 74.3 cm³/mol. The normalized spacial score (nSPS) is 33.1. The molecule has 1 unspecified atom stereocenters. The Balaban J connectivity index is 2.05. The van der Waals surface area contributed by atoms with Gasteiger partial charge >= 0.3 is 0 Å². The summed E-state index contributed by atoms with van der Waals surface area (Å²) in [4.78, 5) is 2.25. The van der Waals surface area contributed by atoms with Crippen molar-refractivity contribution in [1.82, 2.24) is 4.90 Å². The highest BCUT2D eigenvalue weighted by Gasteiger charge is 2.41. The van der Waals surface area contributed by atoms with Gasteiger partial charge in [-0.2, -0.15) is 0 Å². The summed E-state index contributed by atoms with van der Waals surface area (Å²) in [6, 6.07) is 0. The average molecular weight is 274 g/mol. The van der Waals surface area contributed by atoms with E-state index in [4.69, 9.17) is 5.73 Å². The first-order valence-electron chi connectivity index (χ1n) is 7.09. The van der Waals surface area contributed by atoms with Crippen LogP contribution in [0.1, 0.15) is 38.5 Å². The van der Waals surface area contributed by atoms with Crippen LogP contribution in [0.3, 0.4) is 0 Å². The van der Waals surface area contributed by atoms with E-state index in [-0.39, 0.29) is 11.3 Å². The van der Waals surface area contributed by atoms with Crippen molar-refractivity contribution in [1.29, 1.82) is 0 Å². The molecule has 0 amide bonds. The summed E-state index contributed by atoms with van der Waals surface area (Å²) in [7, 11) is -0.841. The highest BCUT2D eigenvalue weighted by Crippen LogP contribution is 2.31. The third-order valence-corrected chi connectivity index (χ3v) is 6.67. The first-order valence-corrected chi connectivity index (χ1v) is 8.91. The molecule has 1 aliphatic carbocycles. The van der Waals surface area contributed by atoms with Gasteiger partial charge < -0.3 is 5.73 Å². The van der Waals surface area contributed by atoms with Gasteiger partial charge in [0.15, 0.2) is 9.84 Å². The quantitative estimate of drug-likeness (QED) is 0.831. The van der Waals surface area contributed by atoms with E-state index in [9.17, 15) is 8.42 Å². The maximum atomic E-state index is 11.9. The van der Waals surface area contributed by atoms with E-state index < -0.39 is 9.84 Å². The molecule has 18 heavy (non-hydrogen) atoms. The van der Waals surface area contributed by atoms with E-state index in [0.717, 1.165) is 25.3 Å². The maximum Gasteiger partial charge on any atom is 0.152 e. The van der Waals surface area contributed by atoms with Gasteiger partial charge in [0.2, 0.25) is 0 Å². The highest BCUT2D eigenvalue weighted by atomic mass is 32.2. The van der Waals surface area contributed by atoms with Gasteiger partial charge in [-0.25, -0.2) is 8.42 Å². The fourth-order valence-electron chi connectivity index (χ4n) is 3.57. The molecular formula is C13H26N2O2S. The van der Waals surface area contributed by atoms with Crippen LogP contribution in [0.15, 0.2) is 0 Å². The van der Waals surface area contributed by atoms with Crippen molar-refractivity contribution in [2.24, 2.45) is 11.7 Å². The Kier molecular flexibility index (Phi) is 4.34. The Morgan fingerprint density at radius 2 is 1.94 bits per heavy atom. The molecule has 0 bridgehead atoms. The van der Waals surface area contributed by atoms with Crippen LogP contribution >= 0.6 is 0 Å². The van der Waals surface area contributed by atoms with E-state index in [2.05, 4.69) is 11.9 Å². The second kappa shape index (κ2) is 5.47. The van der Waals surface area contributed by atoms with Crippen molar-refractivity contribution in [3.63, 3.8) is 0 Å². The molecule has 0 aromatic carbocycles. The van der Waals surface area contributed by atoms with E-state index >= 15 is 0 Å². The summed E-state index contributed by atoms with van der Waals surface area (Å²) in [5.74, 6) is 1.33. The zero-order valence-electron chi connectivity index (χ0n) is 11.4. The highest BCUT2D eigenvalue weighted by molar-refractivity contribution is 7.91. The lowest BCUT2D eigenvalue weighted by atomic mass is 9.92. The van der Waals surface area contributed by atoms with Gasteiger partial charge in [-0.1, -0.05) is 12.8 Å². The number of rotatable bonds is 4. The summed E-state index contributed by atoms with van der Waals surface area (Å²) >= 11 is 0. The van der Waals surface area contributed by atoms with Gasteiger partial charge in [-0.3, -0.25) is 4.90 Å². The van der Waals surface area contributed by atoms with Crippen LogP contribution in [0.25, 0.3) is 0 Å². The number of nitrogens with two attached hydrogens (primary N) is 1. The molecule has 2 rings (SSSR count). The molecule has 0 spiro atoms. The van der Waals surface area contributed by atoms with Crippen LogP contribution < -0.4 is 5.73 Å². The first kappa shape index (κ1) is 14.3. The first-order chi connectivity index (χ1) is 8.47. The minimum atomic E-state index is -2.90. The van der Waals surface area contributed by atoms with Gasteiger partial charge in [-0.05, 0) is 38.6 Å². The maximum absolute atomic E-state index is 11.9. The summed E-state index contributed by atoms with van der Waals surface area (Å²) in [6.07, 6.45) is 6.91. The van der Waals surface area contributed by atoms with Gasteiger partial charge in [0.05, 0.1) is 11.5 Å². The summed E-state index contributed by atoms with van der Waals surface area (Å²) in [6.45, 7) is 1.46. The van der Waals surface area contributed by atoms with Gasteiger partial charge in [0.25, 0.3) is 0 Å². The van der Waals surface area contributed by atoms with Crippen molar-refractivity contribution >= 4 is 9.84 Å². The molecule has 1 heterocycles. The van der Waals surface area contributed by atoms with Crippen LogP contribution in [0, 0.1) is 5.92 Å². The van der Waals surface area contributed by atoms with Crippen molar-refractivity contribution in [2.75, 3.05) is 31.6 Å². The van der Waals surface area contributed by atoms with E-state index in [0.29, 0.717) is 12.3 Å². The monoisotopic (exact) mass is 274 g/mol. The second-order valence-corrected chi connectivity index (χ2v) is 8.34. The molecule has 0 aromatic heterocycles. The molecule has 106 valence electrons. The molecule has 2 N–H and O–H groups in total. The molecule has 1 aliphatic heterocycles. The topological polar surface area (TPSA) is 63.4 Å². The number of nitrogens with zero attached hydrogens (tertiary/aromatic N) is 1. The van der Waals surface area contributed by atoms with E-state index in [1.807, 2.05) is 0 Å². The Labute approximate surface area is 111 Å². The Bertz CT molecular complexity index is 376. The number of hydrogen-bond acceptors (Lipinski definition) is 4. The van der Waals surface area contributed by atoms with Crippen molar-refractivity contribution in [3.8, 4) is 0 Å². The molecule has 1 saturated carbocycles. The smallest absolute Gasteiger partial charge is 0.152 e. The zero-order chi connectivity index (χ0) is 13.2. The molecule has 0 aromatic rings. The summed E-state index contributed by atoms with van der Waals surface area (Å²) in [5, 5.41) is 0. The van der Waals surface area contributed by atoms with Crippen LogP contribution in [0.5, 0.6) is 0 Å². The van der Waals surface area contributed by atoms with Crippen LogP contribution in [-0.4, -0.2) is 50.5 Å². The molecular weight excluding hydrogens is 248 g/mol. The number of likely N-dealkylation sites (N-methyl/N-ethyl adjacent to an activating group) is 1. The minimum absolute atomic E-state index is 0.250. The summed E-state index contributed by atoms with van der Waals surface area (Å²) < 4.78 is 23.8. The molecule has 1 atom stereocenters. The molecule has 5 heteroatoms. The summed E-state index contributed by atoms with van der Waals surface area (Å²) in [5.41, 5.74) is 5.62. The fourth-order valence-corrected chi connectivity index (χ4v) is 5.60. The predicted octanol–water partition coefficient (Wildman–Crippen LogP) is 1.01. The lowest BCUT2D eigenvalue weighted by Crippen LogP contribution is -2.59. The largest absolute Gasteiger partial charge is 0.329 e. The fraction of sp³-hybridized carbons (Fsp3) is 1.00. The molecule has 2 aliphatic rings.